The number of hydrogen-bond acceptors (Lipinski definition) is 4. The fourth-order valence-corrected chi connectivity index (χ4v) is 3.90. The van der Waals surface area contributed by atoms with E-state index >= 15 is 0 Å². The second-order valence-electron chi connectivity index (χ2n) is 6.64. The van der Waals surface area contributed by atoms with Gasteiger partial charge in [0.05, 0.1) is 29.8 Å². The van der Waals surface area contributed by atoms with Gasteiger partial charge in [0.25, 0.3) is 0 Å². The van der Waals surface area contributed by atoms with Gasteiger partial charge in [-0.15, -0.1) is 0 Å². The topological polar surface area (TPSA) is 73.7 Å². The van der Waals surface area contributed by atoms with Gasteiger partial charge in [-0.05, 0) is 56.3 Å². The van der Waals surface area contributed by atoms with Crippen molar-refractivity contribution >= 4 is 27.0 Å². The molecule has 0 saturated heterocycles. The van der Waals surface area contributed by atoms with Crippen LogP contribution in [-0.2, 0) is 5.54 Å². The maximum Gasteiger partial charge on any atom is 0.418 e. The van der Waals surface area contributed by atoms with E-state index in [1.807, 2.05) is 6.07 Å². The molecule has 2 N–H and O–H groups in total. The molecule has 9 heteroatoms. The minimum absolute atomic E-state index is 0.0907. The van der Waals surface area contributed by atoms with Gasteiger partial charge in [-0.3, -0.25) is 5.32 Å². The Kier molecular flexibility index (Phi) is 5.36. The summed E-state index contributed by atoms with van der Waals surface area (Å²) >= 11 is 3.39. The lowest BCUT2D eigenvalue weighted by Gasteiger charge is -2.36. The molecule has 1 unspecified atom stereocenters. The van der Waals surface area contributed by atoms with E-state index in [9.17, 15) is 13.2 Å². The average molecular weight is 467 g/mol. The maximum absolute atomic E-state index is 14.7. The maximum atomic E-state index is 14.7. The van der Waals surface area contributed by atoms with Crippen LogP contribution in [0.3, 0.4) is 0 Å². The molecule has 0 spiro atoms. The molecule has 2 aromatic carbocycles. The third kappa shape index (κ3) is 3.16. The van der Waals surface area contributed by atoms with E-state index in [4.69, 9.17) is 10.00 Å². The summed E-state index contributed by atoms with van der Waals surface area (Å²) < 4.78 is 50.0. The molecule has 0 aliphatic rings. The van der Waals surface area contributed by atoms with E-state index in [0.717, 1.165) is 5.56 Å². The van der Waals surface area contributed by atoms with Crippen LogP contribution in [0.4, 0.5) is 13.2 Å². The quantitative estimate of drug-likeness (QED) is 0.576. The standard InChI is InChI=1S/C20H18BrF3N4O/c1-10-7-15(29-4)16(11(2)17(10)21)19(26-3,20(22,23)24)18-27-13-6-5-12(9-25)8-14(13)28-18/h5-8,26H,1-4H3,(H,27,28). The van der Waals surface area contributed by atoms with E-state index in [-0.39, 0.29) is 17.1 Å². The number of benzene rings is 2. The van der Waals surface area contributed by atoms with Gasteiger partial charge in [0.15, 0.2) is 0 Å². The third-order valence-corrected chi connectivity index (χ3v) is 6.23. The summed E-state index contributed by atoms with van der Waals surface area (Å²) in [5, 5.41) is 11.5. The van der Waals surface area contributed by atoms with Crippen LogP contribution in [0.25, 0.3) is 11.0 Å². The summed E-state index contributed by atoms with van der Waals surface area (Å²) in [6.45, 7) is 3.38. The fraction of sp³-hybridized carbons (Fsp3) is 0.300. The minimum atomic E-state index is -4.76. The van der Waals surface area contributed by atoms with Gasteiger partial charge in [-0.1, -0.05) is 15.9 Å². The van der Waals surface area contributed by atoms with Crippen LogP contribution in [0.1, 0.15) is 28.1 Å². The van der Waals surface area contributed by atoms with Crippen molar-refractivity contribution in [2.75, 3.05) is 14.2 Å². The van der Waals surface area contributed by atoms with Crippen LogP contribution in [0, 0.1) is 25.2 Å². The smallest absolute Gasteiger partial charge is 0.418 e. The molecule has 1 atom stereocenters. The van der Waals surface area contributed by atoms with E-state index < -0.39 is 11.7 Å². The Morgan fingerprint density at radius 3 is 2.48 bits per heavy atom. The highest BCUT2D eigenvalue weighted by Crippen LogP contribution is 2.49. The number of ether oxygens (including phenoxy) is 1. The number of aromatic amines is 1. The number of methoxy groups -OCH3 is 1. The van der Waals surface area contributed by atoms with Gasteiger partial charge in [0.2, 0.25) is 5.54 Å². The first-order valence-electron chi connectivity index (χ1n) is 8.60. The highest BCUT2D eigenvalue weighted by atomic mass is 79.9. The van der Waals surface area contributed by atoms with Crippen molar-refractivity contribution in [3.63, 3.8) is 0 Å². The van der Waals surface area contributed by atoms with E-state index in [1.54, 1.807) is 19.9 Å². The Morgan fingerprint density at radius 1 is 1.24 bits per heavy atom. The second kappa shape index (κ2) is 7.35. The summed E-state index contributed by atoms with van der Waals surface area (Å²) in [5.74, 6) is -0.247. The summed E-state index contributed by atoms with van der Waals surface area (Å²) in [6.07, 6.45) is -4.76. The van der Waals surface area contributed by atoms with Crippen molar-refractivity contribution in [3.05, 3.63) is 56.8 Å². The van der Waals surface area contributed by atoms with Crippen molar-refractivity contribution in [1.29, 1.82) is 5.26 Å². The zero-order chi connectivity index (χ0) is 21.6. The molecule has 3 aromatic rings. The number of alkyl halides is 3. The molecule has 1 heterocycles. The Bertz CT molecular complexity index is 1130. The molecule has 0 fully saturated rings. The Hall–Kier alpha value is -2.57. The molecule has 0 aliphatic carbocycles. The molecule has 152 valence electrons. The third-order valence-electron chi connectivity index (χ3n) is 5.01. The lowest BCUT2D eigenvalue weighted by Crippen LogP contribution is -2.54. The molecule has 0 bridgehead atoms. The van der Waals surface area contributed by atoms with Crippen molar-refractivity contribution < 1.29 is 17.9 Å². The normalized spacial score (nSPS) is 13.9. The first-order valence-corrected chi connectivity index (χ1v) is 9.40. The number of fused-ring (bicyclic) bond motifs is 1. The van der Waals surface area contributed by atoms with E-state index in [0.29, 0.717) is 26.6 Å². The van der Waals surface area contributed by atoms with Crippen LogP contribution in [0.5, 0.6) is 5.75 Å². The predicted molar refractivity (Wildman–Crippen MR) is 107 cm³/mol. The molecular formula is C20H18BrF3N4O. The summed E-state index contributed by atoms with van der Waals surface area (Å²) in [7, 11) is 2.56. The number of halogens is 4. The average Bonchev–Trinajstić information content (AvgIpc) is 3.10. The number of aromatic nitrogens is 2. The SMILES string of the molecule is CNC(c1nc2ccc(C#N)cc2[nH]1)(c1c(OC)cc(C)c(Br)c1C)C(F)(F)F. The van der Waals surface area contributed by atoms with Gasteiger partial charge in [0.1, 0.15) is 11.6 Å². The van der Waals surface area contributed by atoms with Crippen molar-refractivity contribution in [2.45, 2.75) is 25.6 Å². The molecule has 1 aromatic heterocycles. The van der Waals surface area contributed by atoms with Crippen LogP contribution in [-0.4, -0.2) is 30.3 Å². The van der Waals surface area contributed by atoms with Crippen molar-refractivity contribution in [3.8, 4) is 11.8 Å². The van der Waals surface area contributed by atoms with Gasteiger partial charge in [-0.25, -0.2) is 4.98 Å². The number of nitrogens with one attached hydrogen (secondary N) is 2. The monoisotopic (exact) mass is 466 g/mol. The van der Waals surface area contributed by atoms with Crippen LogP contribution < -0.4 is 10.1 Å². The highest BCUT2D eigenvalue weighted by Gasteiger charge is 2.60. The van der Waals surface area contributed by atoms with Crippen LogP contribution >= 0.6 is 15.9 Å². The first kappa shape index (κ1) is 21.1. The Balaban J connectivity index is 2.44. The highest BCUT2D eigenvalue weighted by molar-refractivity contribution is 9.10. The number of nitriles is 1. The zero-order valence-corrected chi connectivity index (χ0v) is 17.7. The van der Waals surface area contributed by atoms with Crippen LogP contribution in [0.15, 0.2) is 28.7 Å². The van der Waals surface area contributed by atoms with E-state index in [1.165, 1.54) is 32.4 Å². The summed E-state index contributed by atoms with van der Waals surface area (Å²) in [6, 6.07) is 8.02. The van der Waals surface area contributed by atoms with Gasteiger partial charge < -0.3 is 9.72 Å². The number of nitrogens with zero attached hydrogens (tertiary/aromatic N) is 2. The first-order chi connectivity index (χ1) is 13.6. The molecule has 0 radical (unpaired) electrons. The molecule has 3 rings (SSSR count). The molecule has 0 saturated carbocycles. The number of H-pyrrole nitrogens is 1. The number of imidazole rings is 1. The van der Waals surface area contributed by atoms with Crippen molar-refractivity contribution in [2.24, 2.45) is 0 Å². The second-order valence-corrected chi connectivity index (χ2v) is 7.43. The number of aryl methyl sites for hydroxylation is 1. The Labute approximate surface area is 174 Å². The van der Waals surface area contributed by atoms with E-state index in [2.05, 4.69) is 31.2 Å². The molecule has 5 nitrogen and oxygen atoms in total. The summed E-state index contributed by atoms with van der Waals surface area (Å²) in [5.41, 5.74) is -0.639. The largest absolute Gasteiger partial charge is 0.496 e. The zero-order valence-electron chi connectivity index (χ0n) is 16.1. The number of rotatable bonds is 4. The molecular weight excluding hydrogens is 449 g/mol. The molecule has 29 heavy (non-hydrogen) atoms. The Morgan fingerprint density at radius 2 is 1.93 bits per heavy atom. The molecule has 0 amide bonds. The van der Waals surface area contributed by atoms with Crippen molar-refractivity contribution in [1.82, 2.24) is 15.3 Å². The van der Waals surface area contributed by atoms with Gasteiger partial charge >= 0.3 is 6.18 Å². The van der Waals surface area contributed by atoms with Gasteiger partial charge in [-0.2, -0.15) is 18.4 Å². The number of hydrogen-bond donors (Lipinski definition) is 2. The fourth-order valence-electron chi connectivity index (χ4n) is 3.59. The molecule has 0 aliphatic heterocycles. The minimum Gasteiger partial charge on any atom is -0.496 e. The predicted octanol–water partition coefficient (Wildman–Crippen LogP) is 4.85. The van der Waals surface area contributed by atoms with Crippen LogP contribution in [0.2, 0.25) is 0 Å². The lowest BCUT2D eigenvalue weighted by atomic mass is 9.83. The lowest BCUT2D eigenvalue weighted by molar-refractivity contribution is -0.188. The summed E-state index contributed by atoms with van der Waals surface area (Å²) in [4.78, 5) is 6.99. The van der Waals surface area contributed by atoms with Gasteiger partial charge in [0, 0.05) is 10.0 Å².